The molecule has 1 aromatic carbocycles. The zero-order valence-corrected chi connectivity index (χ0v) is 17.5. The molecular weight excluding hydrogens is 370 g/mol. The van der Waals surface area contributed by atoms with Gasteiger partial charge in [0.2, 0.25) is 11.8 Å². The molecule has 0 radical (unpaired) electrons. The zero-order chi connectivity index (χ0) is 19.9. The van der Waals surface area contributed by atoms with E-state index in [2.05, 4.69) is 41.4 Å². The van der Waals surface area contributed by atoms with E-state index in [4.69, 9.17) is 0 Å². The molecule has 0 bridgehead atoms. The molecule has 3 rings (SSSR count). The van der Waals surface area contributed by atoms with Gasteiger partial charge in [-0.3, -0.25) is 14.5 Å². The Balaban J connectivity index is 1.53. The molecule has 1 aromatic heterocycles. The predicted molar refractivity (Wildman–Crippen MR) is 113 cm³/mol. The predicted octanol–water partition coefficient (Wildman–Crippen LogP) is 3.36. The summed E-state index contributed by atoms with van der Waals surface area (Å²) in [6.07, 6.45) is 2.17. The van der Waals surface area contributed by atoms with Crippen molar-refractivity contribution in [2.75, 3.05) is 26.2 Å². The standard InChI is InChI=1S/C22H29N3O2S/c1-3-24(15-21(26)23-14-19-6-5-13-28-19)22(27)16-25-12-4-7-20(25)18-10-8-17(2)9-11-18/h5-6,8-11,13,20H,3-4,7,12,14-16H2,1-2H3,(H,23,26)/t20-/m0/s1. The van der Waals surface area contributed by atoms with Gasteiger partial charge in [-0.15, -0.1) is 11.3 Å². The van der Waals surface area contributed by atoms with Crippen LogP contribution < -0.4 is 5.32 Å². The number of carbonyl (C=O) groups excluding carboxylic acids is 2. The fourth-order valence-electron chi connectivity index (χ4n) is 3.66. The van der Waals surface area contributed by atoms with Crippen molar-refractivity contribution >= 4 is 23.2 Å². The fraction of sp³-hybridized carbons (Fsp3) is 0.455. The zero-order valence-electron chi connectivity index (χ0n) is 16.7. The van der Waals surface area contributed by atoms with Crippen molar-refractivity contribution in [3.8, 4) is 0 Å². The minimum Gasteiger partial charge on any atom is -0.350 e. The van der Waals surface area contributed by atoms with Crippen LogP contribution in [-0.4, -0.2) is 47.8 Å². The van der Waals surface area contributed by atoms with E-state index in [-0.39, 0.29) is 24.4 Å². The Bertz CT molecular complexity index is 774. The Labute approximate surface area is 171 Å². The summed E-state index contributed by atoms with van der Waals surface area (Å²) in [5.41, 5.74) is 2.52. The topological polar surface area (TPSA) is 52.7 Å². The highest BCUT2D eigenvalue weighted by Gasteiger charge is 2.29. The Kier molecular flexibility index (Phi) is 7.23. The van der Waals surface area contributed by atoms with Gasteiger partial charge < -0.3 is 10.2 Å². The van der Waals surface area contributed by atoms with E-state index in [0.717, 1.165) is 24.3 Å². The molecular formula is C22H29N3O2S. The Morgan fingerprint density at radius 2 is 2.04 bits per heavy atom. The van der Waals surface area contributed by atoms with Crippen LogP contribution in [0.3, 0.4) is 0 Å². The van der Waals surface area contributed by atoms with Crippen molar-refractivity contribution in [2.24, 2.45) is 0 Å². The number of likely N-dealkylation sites (N-methyl/N-ethyl adjacent to an activating group) is 1. The Hall–Kier alpha value is -2.18. The first-order valence-electron chi connectivity index (χ1n) is 9.94. The van der Waals surface area contributed by atoms with E-state index in [1.54, 1.807) is 16.2 Å². The van der Waals surface area contributed by atoms with Gasteiger partial charge in [0.1, 0.15) is 0 Å². The summed E-state index contributed by atoms with van der Waals surface area (Å²) < 4.78 is 0. The maximum Gasteiger partial charge on any atom is 0.239 e. The number of aryl methyl sites for hydroxylation is 1. The third-order valence-electron chi connectivity index (χ3n) is 5.27. The quantitative estimate of drug-likeness (QED) is 0.741. The second kappa shape index (κ2) is 9.85. The molecule has 1 atom stereocenters. The summed E-state index contributed by atoms with van der Waals surface area (Å²) in [7, 11) is 0. The number of rotatable bonds is 8. The van der Waals surface area contributed by atoms with Crippen LogP contribution in [0.25, 0.3) is 0 Å². The Morgan fingerprint density at radius 3 is 2.71 bits per heavy atom. The summed E-state index contributed by atoms with van der Waals surface area (Å²) in [4.78, 5) is 30.1. The first kappa shape index (κ1) is 20.6. The highest BCUT2D eigenvalue weighted by atomic mass is 32.1. The molecule has 0 saturated carbocycles. The number of carbonyl (C=O) groups is 2. The van der Waals surface area contributed by atoms with Gasteiger partial charge in [0, 0.05) is 17.5 Å². The number of nitrogens with zero attached hydrogens (tertiary/aromatic N) is 2. The molecule has 1 saturated heterocycles. The molecule has 0 aliphatic carbocycles. The highest BCUT2D eigenvalue weighted by molar-refractivity contribution is 7.09. The molecule has 1 N–H and O–H groups in total. The summed E-state index contributed by atoms with van der Waals surface area (Å²) in [5.74, 6) is -0.0899. The van der Waals surface area contributed by atoms with Crippen molar-refractivity contribution in [1.82, 2.24) is 15.1 Å². The number of nitrogens with one attached hydrogen (secondary N) is 1. The van der Waals surface area contributed by atoms with Crippen molar-refractivity contribution < 1.29 is 9.59 Å². The maximum atomic E-state index is 12.8. The lowest BCUT2D eigenvalue weighted by molar-refractivity contribution is -0.137. The number of hydrogen-bond acceptors (Lipinski definition) is 4. The van der Waals surface area contributed by atoms with E-state index in [9.17, 15) is 9.59 Å². The number of likely N-dealkylation sites (tertiary alicyclic amines) is 1. The van der Waals surface area contributed by atoms with Gasteiger partial charge in [0.15, 0.2) is 0 Å². The van der Waals surface area contributed by atoms with E-state index in [1.165, 1.54) is 11.1 Å². The normalized spacial score (nSPS) is 16.9. The Morgan fingerprint density at radius 1 is 1.25 bits per heavy atom. The van der Waals surface area contributed by atoms with Crippen LogP contribution in [0, 0.1) is 6.92 Å². The molecule has 28 heavy (non-hydrogen) atoms. The SMILES string of the molecule is CCN(CC(=O)NCc1cccs1)C(=O)CN1CCC[C@H]1c1ccc(C)cc1. The third kappa shape index (κ3) is 5.42. The summed E-state index contributed by atoms with van der Waals surface area (Å²) in [5, 5.41) is 4.89. The number of benzene rings is 1. The summed E-state index contributed by atoms with van der Waals surface area (Å²) in [6.45, 7) is 6.47. The van der Waals surface area contributed by atoms with Gasteiger partial charge >= 0.3 is 0 Å². The van der Waals surface area contributed by atoms with Crippen LogP contribution in [0.4, 0.5) is 0 Å². The van der Waals surface area contributed by atoms with Gasteiger partial charge in [-0.25, -0.2) is 0 Å². The molecule has 1 aliphatic rings. The minimum atomic E-state index is -0.111. The number of hydrogen-bond donors (Lipinski definition) is 1. The number of amides is 2. The van der Waals surface area contributed by atoms with Gasteiger partial charge in [0.25, 0.3) is 0 Å². The second-order valence-corrected chi connectivity index (χ2v) is 8.34. The molecule has 2 heterocycles. The minimum absolute atomic E-state index is 0.0211. The largest absolute Gasteiger partial charge is 0.350 e. The molecule has 150 valence electrons. The molecule has 5 nitrogen and oxygen atoms in total. The van der Waals surface area contributed by atoms with Crippen molar-refractivity contribution in [2.45, 2.75) is 39.3 Å². The smallest absolute Gasteiger partial charge is 0.239 e. The van der Waals surface area contributed by atoms with Crippen LogP contribution in [0.1, 0.15) is 41.8 Å². The molecule has 6 heteroatoms. The van der Waals surface area contributed by atoms with Crippen LogP contribution in [0.15, 0.2) is 41.8 Å². The molecule has 1 aliphatic heterocycles. The van der Waals surface area contributed by atoms with Crippen molar-refractivity contribution in [3.63, 3.8) is 0 Å². The molecule has 1 fully saturated rings. The lowest BCUT2D eigenvalue weighted by Crippen LogP contribution is -2.44. The van der Waals surface area contributed by atoms with Crippen LogP contribution in [0.2, 0.25) is 0 Å². The van der Waals surface area contributed by atoms with Crippen molar-refractivity contribution in [3.05, 3.63) is 57.8 Å². The first-order chi connectivity index (χ1) is 13.6. The molecule has 2 aromatic rings. The van der Waals surface area contributed by atoms with E-state index < -0.39 is 0 Å². The van der Waals surface area contributed by atoms with E-state index in [0.29, 0.717) is 19.6 Å². The maximum absolute atomic E-state index is 12.8. The van der Waals surface area contributed by atoms with Crippen LogP contribution >= 0.6 is 11.3 Å². The fourth-order valence-corrected chi connectivity index (χ4v) is 4.30. The van der Waals surface area contributed by atoms with Gasteiger partial charge in [-0.2, -0.15) is 0 Å². The van der Waals surface area contributed by atoms with Gasteiger partial charge in [0.05, 0.1) is 19.6 Å². The molecule has 0 unspecified atom stereocenters. The molecule has 0 spiro atoms. The van der Waals surface area contributed by atoms with Crippen LogP contribution in [0.5, 0.6) is 0 Å². The lowest BCUT2D eigenvalue weighted by atomic mass is 10.0. The average molecular weight is 400 g/mol. The number of thiophene rings is 1. The van der Waals surface area contributed by atoms with Crippen molar-refractivity contribution in [1.29, 1.82) is 0 Å². The lowest BCUT2D eigenvalue weighted by Gasteiger charge is -2.28. The monoisotopic (exact) mass is 399 g/mol. The van der Waals surface area contributed by atoms with Crippen LogP contribution in [-0.2, 0) is 16.1 Å². The first-order valence-corrected chi connectivity index (χ1v) is 10.8. The highest BCUT2D eigenvalue weighted by Crippen LogP contribution is 2.31. The van der Waals surface area contributed by atoms with Gasteiger partial charge in [-0.05, 0) is 50.2 Å². The van der Waals surface area contributed by atoms with Gasteiger partial charge in [-0.1, -0.05) is 35.9 Å². The molecule has 2 amide bonds. The van der Waals surface area contributed by atoms with E-state index >= 15 is 0 Å². The summed E-state index contributed by atoms with van der Waals surface area (Å²) >= 11 is 1.61. The second-order valence-electron chi connectivity index (χ2n) is 7.30. The summed E-state index contributed by atoms with van der Waals surface area (Å²) in [6, 6.07) is 12.8. The third-order valence-corrected chi connectivity index (χ3v) is 6.15. The van der Waals surface area contributed by atoms with E-state index in [1.807, 2.05) is 24.4 Å². The average Bonchev–Trinajstić information content (AvgIpc) is 3.37.